The van der Waals surface area contributed by atoms with E-state index in [0.717, 1.165) is 32.3 Å². The van der Waals surface area contributed by atoms with Gasteiger partial charge in [-0.15, -0.1) is 0 Å². The zero-order chi connectivity index (χ0) is 21.9. The van der Waals surface area contributed by atoms with E-state index in [0.29, 0.717) is 22.5 Å². The molecule has 3 nitrogen and oxygen atoms in total. The molecule has 0 unspecified atom stereocenters. The first-order chi connectivity index (χ1) is 15.7. The Morgan fingerprint density at radius 1 is 0.500 bits per heavy atom. The topological polar surface area (TPSA) is 38.7 Å². The van der Waals surface area contributed by atoms with Crippen molar-refractivity contribution in [1.82, 2.24) is 15.0 Å². The number of halogens is 2. The highest BCUT2D eigenvalue weighted by molar-refractivity contribution is 9.10. The summed E-state index contributed by atoms with van der Waals surface area (Å²) in [6, 6.07) is 33.8. The first-order valence-electron chi connectivity index (χ1n) is 10.1. The Bertz CT molecular complexity index is 1330. The molecule has 5 rings (SSSR count). The van der Waals surface area contributed by atoms with Crippen LogP contribution in [-0.4, -0.2) is 15.0 Å². The molecule has 0 N–H and O–H groups in total. The summed E-state index contributed by atoms with van der Waals surface area (Å²) in [5.74, 6) is 1.90. The van der Waals surface area contributed by atoms with E-state index in [2.05, 4.69) is 22.0 Å². The van der Waals surface area contributed by atoms with Gasteiger partial charge in [-0.1, -0.05) is 119 Å². The molecule has 5 aromatic rings. The average molecular weight is 499 g/mol. The van der Waals surface area contributed by atoms with Gasteiger partial charge in [0.1, 0.15) is 0 Å². The predicted molar refractivity (Wildman–Crippen MR) is 134 cm³/mol. The highest BCUT2D eigenvalue weighted by atomic mass is 79.9. The molecule has 0 aliphatic carbocycles. The quantitative estimate of drug-likeness (QED) is 0.252. The average Bonchev–Trinajstić information content (AvgIpc) is 2.85. The minimum absolute atomic E-state index is 0.621. The van der Waals surface area contributed by atoms with Gasteiger partial charge in [-0.2, -0.15) is 0 Å². The van der Waals surface area contributed by atoms with Crippen molar-refractivity contribution in [3.63, 3.8) is 0 Å². The van der Waals surface area contributed by atoms with E-state index in [1.807, 2.05) is 97.1 Å². The van der Waals surface area contributed by atoms with Crippen LogP contribution in [0.5, 0.6) is 0 Å². The third kappa shape index (κ3) is 4.20. The Kier molecular flexibility index (Phi) is 5.80. The van der Waals surface area contributed by atoms with Gasteiger partial charge in [0.2, 0.25) is 0 Å². The molecule has 0 radical (unpaired) electrons. The van der Waals surface area contributed by atoms with E-state index in [-0.39, 0.29) is 0 Å². The molecule has 5 heteroatoms. The Morgan fingerprint density at radius 2 is 1.00 bits per heavy atom. The maximum Gasteiger partial charge on any atom is 0.164 e. The smallest absolute Gasteiger partial charge is 0.164 e. The molecule has 0 aliphatic heterocycles. The lowest BCUT2D eigenvalue weighted by atomic mass is 9.99. The molecule has 1 heterocycles. The number of hydrogen-bond acceptors (Lipinski definition) is 3. The van der Waals surface area contributed by atoms with E-state index in [1.54, 1.807) is 0 Å². The van der Waals surface area contributed by atoms with Gasteiger partial charge in [-0.3, -0.25) is 0 Å². The van der Waals surface area contributed by atoms with Gasteiger partial charge in [0, 0.05) is 26.2 Å². The van der Waals surface area contributed by atoms with E-state index < -0.39 is 0 Å². The SMILES string of the molecule is Clc1ccc(-c2ccccc2-c2nc(-c3ccccc3)nc(-c3ccccc3)n2)c(Br)c1. The minimum Gasteiger partial charge on any atom is -0.208 e. The molecule has 0 spiro atoms. The van der Waals surface area contributed by atoms with Gasteiger partial charge in [-0.25, -0.2) is 15.0 Å². The molecular weight excluding hydrogens is 482 g/mol. The summed E-state index contributed by atoms with van der Waals surface area (Å²) in [6.45, 7) is 0. The van der Waals surface area contributed by atoms with E-state index in [9.17, 15) is 0 Å². The van der Waals surface area contributed by atoms with Crippen LogP contribution in [0.1, 0.15) is 0 Å². The van der Waals surface area contributed by atoms with E-state index in [4.69, 9.17) is 26.6 Å². The molecule has 0 saturated heterocycles. The standard InChI is InChI=1S/C27H17BrClN3/c28-24-17-20(29)15-16-22(24)21-13-7-8-14-23(21)27-31-25(18-9-3-1-4-10-18)30-26(32-27)19-11-5-2-6-12-19/h1-17H. The molecule has 1 aromatic heterocycles. The van der Waals surface area contributed by atoms with Gasteiger partial charge >= 0.3 is 0 Å². The predicted octanol–water partition coefficient (Wildman–Crippen LogP) is 7.96. The summed E-state index contributed by atoms with van der Waals surface area (Å²) in [7, 11) is 0. The zero-order valence-electron chi connectivity index (χ0n) is 16.9. The van der Waals surface area contributed by atoms with Crippen LogP contribution in [0.4, 0.5) is 0 Å². The second kappa shape index (κ2) is 9.03. The minimum atomic E-state index is 0.621. The molecule has 0 fully saturated rings. The number of hydrogen-bond donors (Lipinski definition) is 0. The third-order valence-electron chi connectivity index (χ3n) is 5.09. The molecule has 0 atom stereocenters. The maximum absolute atomic E-state index is 6.18. The Morgan fingerprint density at radius 3 is 1.56 bits per heavy atom. The number of nitrogens with zero attached hydrogens (tertiary/aromatic N) is 3. The molecule has 32 heavy (non-hydrogen) atoms. The molecule has 0 amide bonds. The monoisotopic (exact) mass is 497 g/mol. The fraction of sp³-hybridized carbons (Fsp3) is 0. The number of benzene rings is 4. The highest BCUT2D eigenvalue weighted by Gasteiger charge is 2.16. The Labute approximate surface area is 199 Å². The normalized spacial score (nSPS) is 10.8. The molecule has 0 bridgehead atoms. The molecule has 154 valence electrons. The Balaban J connectivity index is 1.74. The first kappa shape index (κ1) is 20.6. The molecule has 0 saturated carbocycles. The van der Waals surface area contributed by atoms with Crippen molar-refractivity contribution in [2.24, 2.45) is 0 Å². The summed E-state index contributed by atoms with van der Waals surface area (Å²) in [5, 5.41) is 0.677. The number of aromatic nitrogens is 3. The van der Waals surface area contributed by atoms with Crippen molar-refractivity contribution >= 4 is 27.5 Å². The third-order valence-corrected chi connectivity index (χ3v) is 5.98. The summed E-state index contributed by atoms with van der Waals surface area (Å²) in [4.78, 5) is 14.5. The summed E-state index contributed by atoms with van der Waals surface area (Å²) < 4.78 is 0.915. The molecule has 0 aliphatic rings. The Hall–Kier alpha value is -3.34. The van der Waals surface area contributed by atoms with Gasteiger partial charge in [0.05, 0.1) is 0 Å². The lowest BCUT2D eigenvalue weighted by Gasteiger charge is -2.13. The summed E-state index contributed by atoms with van der Waals surface area (Å²) in [5.41, 5.74) is 4.84. The van der Waals surface area contributed by atoms with Gasteiger partial charge in [0.15, 0.2) is 17.5 Å². The maximum atomic E-state index is 6.18. The summed E-state index contributed by atoms with van der Waals surface area (Å²) >= 11 is 9.83. The van der Waals surface area contributed by atoms with E-state index >= 15 is 0 Å². The fourth-order valence-electron chi connectivity index (χ4n) is 3.55. The van der Waals surface area contributed by atoms with Crippen LogP contribution in [-0.2, 0) is 0 Å². The van der Waals surface area contributed by atoms with Gasteiger partial charge in [0.25, 0.3) is 0 Å². The highest BCUT2D eigenvalue weighted by Crippen LogP contribution is 2.37. The lowest BCUT2D eigenvalue weighted by molar-refractivity contribution is 1.07. The van der Waals surface area contributed by atoms with Crippen molar-refractivity contribution in [2.45, 2.75) is 0 Å². The van der Waals surface area contributed by atoms with Gasteiger partial charge < -0.3 is 0 Å². The number of rotatable bonds is 4. The van der Waals surface area contributed by atoms with Crippen molar-refractivity contribution in [3.05, 3.63) is 113 Å². The molecular formula is C27H17BrClN3. The van der Waals surface area contributed by atoms with Crippen molar-refractivity contribution < 1.29 is 0 Å². The van der Waals surface area contributed by atoms with Crippen molar-refractivity contribution in [3.8, 4) is 45.3 Å². The van der Waals surface area contributed by atoms with Crippen molar-refractivity contribution in [2.75, 3.05) is 0 Å². The second-order valence-electron chi connectivity index (χ2n) is 7.21. The largest absolute Gasteiger partial charge is 0.208 e. The van der Waals surface area contributed by atoms with E-state index in [1.165, 1.54) is 0 Å². The second-order valence-corrected chi connectivity index (χ2v) is 8.50. The van der Waals surface area contributed by atoms with Crippen LogP contribution >= 0.6 is 27.5 Å². The molecule has 4 aromatic carbocycles. The van der Waals surface area contributed by atoms with Crippen LogP contribution < -0.4 is 0 Å². The van der Waals surface area contributed by atoms with Crippen LogP contribution in [0.15, 0.2) is 108 Å². The lowest BCUT2D eigenvalue weighted by Crippen LogP contribution is -2.01. The first-order valence-corrected chi connectivity index (χ1v) is 11.3. The van der Waals surface area contributed by atoms with Gasteiger partial charge in [-0.05, 0) is 23.3 Å². The van der Waals surface area contributed by atoms with Crippen LogP contribution in [0.3, 0.4) is 0 Å². The van der Waals surface area contributed by atoms with Crippen LogP contribution in [0.2, 0.25) is 5.02 Å². The summed E-state index contributed by atoms with van der Waals surface area (Å²) in [6.07, 6.45) is 0. The van der Waals surface area contributed by atoms with Crippen LogP contribution in [0, 0.1) is 0 Å². The van der Waals surface area contributed by atoms with Crippen LogP contribution in [0.25, 0.3) is 45.3 Å². The zero-order valence-corrected chi connectivity index (χ0v) is 19.3. The fourth-order valence-corrected chi connectivity index (χ4v) is 4.45. The van der Waals surface area contributed by atoms with Crippen molar-refractivity contribution in [1.29, 1.82) is 0 Å².